The Balaban J connectivity index is 2.23. The van der Waals surface area contributed by atoms with Gasteiger partial charge in [0.05, 0.1) is 4.90 Å². The SMILES string of the molecule is Cc1ccc(S(=O)(=O)N(C(=O)[C@H]2NC(C)(C)CS2)[C@@H](CCCCNC(=O)OC(C)(C)C)C(=O)O)cc1. The Morgan fingerprint density at radius 1 is 1.22 bits per heavy atom. The zero-order chi connectivity index (χ0) is 27.3. The molecule has 10 nitrogen and oxygen atoms in total. The molecular formula is C24H37N3O7S2. The summed E-state index contributed by atoms with van der Waals surface area (Å²) >= 11 is 1.25. The van der Waals surface area contributed by atoms with Crippen LogP contribution in [0, 0.1) is 6.92 Å². The number of rotatable bonds is 10. The normalized spacial score (nSPS) is 18.3. The molecule has 1 aliphatic heterocycles. The van der Waals surface area contributed by atoms with Crippen LogP contribution in [0.1, 0.15) is 59.4 Å². The summed E-state index contributed by atoms with van der Waals surface area (Å²) in [4.78, 5) is 37.4. The summed E-state index contributed by atoms with van der Waals surface area (Å²) in [6, 6.07) is 4.33. The van der Waals surface area contributed by atoms with E-state index in [1.54, 1.807) is 39.8 Å². The van der Waals surface area contributed by atoms with Crippen LogP contribution < -0.4 is 10.6 Å². The second kappa shape index (κ2) is 11.8. The number of hydrogen-bond acceptors (Lipinski definition) is 8. The van der Waals surface area contributed by atoms with Gasteiger partial charge in [-0.1, -0.05) is 17.7 Å². The van der Waals surface area contributed by atoms with Crippen molar-refractivity contribution in [3.05, 3.63) is 29.8 Å². The minimum Gasteiger partial charge on any atom is -0.480 e. The quantitative estimate of drug-likeness (QED) is 0.379. The average Bonchev–Trinajstić information content (AvgIpc) is 3.10. The number of hydrogen-bond donors (Lipinski definition) is 3. The molecule has 1 heterocycles. The number of sulfonamides is 1. The molecule has 2 amide bonds. The molecule has 1 aromatic rings. The number of thioether (sulfide) groups is 1. The van der Waals surface area contributed by atoms with Gasteiger partial charge < -0.3 is 15.2 Å². The summed E-state index contributed by atoms with van der Waals surface area (Å²) in [6.45, 7) is 11.0. The molecule has 1 saturated heterocycles. The van der Waals surface area contributed by atoms with E-state index >= 15 is 0 Å². The molecule has 0 aliphatic carbocycles. The van der Waals surface area contributed by atoms with Gasteiger partial charge in [-0.25, -0.2) is 22.3 Å². The van der Waals surface area contributed by atoms with Crippen molar-refractivity contribution >= 4 is 39.8 Å². The molecule has 0 radical (unpaired) electrons. The van der Waals surface area contributed by atoms with Crippen LogP contribution in [0.5, 0.6) is 0 Å². The molecule has 1 aromatic carbocycles. The lowest BCUT2D eigenvalue weighted by Crippen LogP contribution is -2.55. The fraction of sp³-hybridized carbons (Fsp3) is 0.625. The molecule has 0 bridgehead atoms. The average molecular weight is 544 g/mol. The Morgan fingerprint density at radius 2 is 1.83 bits per heavy atom. The number of carboxylic acids is 1. The third-order valence-corrected chi connectivity index (χ3v) is 8.65. The number of nitrogens with zero attached hydrogens (tertiary/aromatic N) is 1. The number of aliphatic carboxylic acids is 1. The first kappa shape index (κ1) is 29.9. The minimum atomic E-state index is -4.45. The van der Waals surface area contributed by atoms with Crippen molar-refractivity contribution in [2.75, 3.05) is 12.3 Å². The van der Waals surface area contributed by atoms with Crippen LogP contribution in [-0.2, 0) is 24.3 Å². The van der Waals surface area contributed by atoms with Gasteiger partial charge in [-0.3, -0.25) is 10.1 Å². The number of unbranched alkanes of at least 4 members (excludes halogenated alkanes) is 1. The summed E-state index contributed by atoms with van der Waals surface area (Å²) in [7, 11) is -4.45. The number of nitrogens with one attached hydrogen (secondary N) is 2. The molecule has 0 aromatic heterocycles. The van der Waals surface area contributed by atoms with Crippen LogP contribution in [0.3, 0.4) is 0 Å². The molecule has 2 atom stereocenters. The second-order valence-corrected chi connectivity index (χ2v) is 13.4. The smallest absolute Gasteiger partial charge is 0.407 e. The third-order valence-electron chi connectivity index (χ3n) is 5.29. The Morgan fingerprint density at radius 3 is 2.33 bits per heavy atom. The Bertz CT molecular complexity index is 1050. The van der Waals surface area contributed by atoms with Gasteiger partial charge in [-0.2, -0.15) is 0 Å². The van der Waals surface area contributed by atoms with E-state index in [2.05, 4.69) is 10.6 Å². The van der Waals surface area contributed by atoms with Gasteiger partial charge in [-0.15, -0.1) is 11.8 Å². The molecule has 12 heteroatoms. The van der Waals surface area contributed by atoms with Crippen LogP contribution in [0.4, 0.5) is 4.79 Å². The van der Waals surface area contributed by atoms with Crippen LogP contribution in [0.15, 0.2) is 29.2 Å². The summed E-state index contributed by atoms with van der Waals surface area (Å²) in [6.07, 6.45) is -0.0679. The van der Waals surface area contributed by atoms with Crippen molar-refractivity contribution in [3.8, 4) is 0 Å². The van der Waals surface area contributed by atoms with Crippen molar-refractivity contribution < 1.29 is 32.6 Å². The molecule has 2 rings (SSSR count). The van der Waals surface area contributed by atoms with Crippen molar-refractivity contribution in [2.45, 2.75) is 88.3 Å². The van der Waals surface area contributed by atoms with Gasteiger partial charge in [0.15, 0.2) is 0 Å². The van der Waals surface area contributed by atoms with Gasteiger partial charge in [0.2, 0.25) is 0 Å². The van der Waals surface area contributed by atoms with Gasteiger partial charge in [-0.05, 0) is 72.9 Å². The number of carbonyl (C=O) groups is 3. The lowest BCUT2D eigenvalue weighted by Gasteiger charge is -2.31. The predicted molar refractivity (Wildman–Crippen MR) is 138 cm³/mol. The molecular weight excluding hydrogens is 506 g/mol. The number of ether oxygens (including phenoxy) is 1. The van der Waals surface area contributed by atoms with Crippen LogP contribution >= 0.6 is 11.8 Å². The lowest BCUT2D eigenvalue weighted by atomic mass is 10.1. The highest BCUT2D eigenvalue weighted by molar-refractivity contribution is 8.01. The zero-order valence-corrected chi connectivity index (χ0v) is 23.3. The second-order valence-electron chi connectivity index (χ2n) is 10.4. The summed E-state index contributed by atoms with van der Waals surface area (Å²) in [5.41, 5.74) is -0.227. The van der Waals surface area contributed by atoms with E-state index in [4.69, 9.17) is 4.74 Å². The Labute approximate surface area is 217 Å². The van der Waals surface area contributed by atoms with Gasteiger partial charge in [0.25, 0.3) is 15.9 Å². The molecule has 0 spiro atoms. The first-order valence-electron chi connectivity index (χ1n) is 11.8. The van der Waals surface area contributed by atoms with Crippen molar-refractivity contribution in [1.82, 2.24) is 14.9 Å². The molecule has 0 unspecified atom stereocenters. The third kappa shape index (κ3) is 8.38. The van der Waals surface area contributed by atoms with Gasteiger partial charge in [0.1, 0.15) is 17.0 Å². The minimum absolute atomic E-state index is 0.108. The monoisotopic (exact) mass is 543 g/mol. The Kier molecular flexibility index (Phi) is 9.83. The van der Waals surface area contributed by atoms with E-state index in [-0.39, 0.29) is 24.3 Å². The van der Waals surface area contributed by atoms with E-state index < -0.39 is 50.5 Å². The summed E-state index contributed by atoms with van der Waals surface area (Å²) in [5.74, 6) is -1.66. The number of benzene rings is 1. The molecule has 202 valence electrons. The highest BCUT2D eigenvalue weighted by Crippen LogP contribution is 2.31. The molecule has 1 aliphatic rings. The lowest BCUT2D eigenvalue weighted by molar-refractivity contribution is -0.146. The van der Waals surface area contributed by atoms with E-state index in [0.29, 0.717) is 16.5 Å². The number of alkyl carbamates (subject to hydrolysis) is 1. The molecule has 1 fully saturated rings. The van der Waals surface area contributed by atoms with Crippen LogP contribution in [-0.4, -0.2) is 70.7 Å². The van der Waals surface area contributed by atoms with Crippen LogP contribution in [0.25, 0.3) is 0 Å². The largest absolute Gasteiger partial charge is 0.480 e. The van der Waals surface area contributed by atoms with Crippen molar-refractivity contribution in [1.29, 1.82) is 0 Å². The Hall–Kier alpha value is -2.31. The van der Waals surface area contributed by atoms with Crippen LogP contribution in [0.2, 0.25) is 0 Å². The maximum absolute atomic E-state index is 13.6. The maximum Gasteiger partial charge on any atom is 0.407 e. The fourth-order valence-electron chi connectivity index (χ4n) is 3.55. The van der Waals surface area contributed by atoms with Gasteiger partial charge in [0, 0.05) is 17.8 Å². The highest BCUT2D eigenvalue weighted by Gasteiger charge is 2.45. The van der Waals surface area contributed by atoms with Gasteiger partial charge >= 0.3 is 12.1 Å². The maximum atomic E-state index is 13.6. The van der Waals surface area contributed by atoms with E-state index in [1.165, 1.54) is 23.9 Å². The molecule has 36 heavy (non-hydrogen) atoms. The summed E-state index contributed by atoms with van der Waals surface area (Å²) in [5, 5.41) is 14.8. The molecule has 3 N–H and O–H groups in total. The number of carboxylic acid groups (broad SMARTS) is 1. The van der Waals surface area contributed by atoms with Crippen molar-refractivity contribution in [3.63, 3.8) is 0 Å². The number of amides is 2. The number of aryl methyl sites for hydroxylation is 1. The standard InChI is InChI=1S/C24H37N3O7S2/c1-16-10-12-17(13-11-16)36(32,33)27(20(28)19-26-24(5,6)15-35-19)18(21(29)30)9-7-8-14-25-22(31)34-23(2,3)4/h10-13,18-19,26H,7-9,14-15H2,1-6H3,(H,25,31)(H,29,30)/t18-,19-/m0/s1. The fourth-order valence-corrected chi connectivity index (χ4v) is 6.52. The first-order chi connectivity index (χ1) is 16.5. The molecule has 0 saturated carbocycles. The van der Waals surface area contributed by atoms with E-state index in [1.807, 2.05) is 13.8 Å². The number of carbonyl (C=O) groups excluding carboxylic acids is 2. The first-order valence-corrected chi connectivity index (χ1v) is 14.3. The topological polar surface area (TPSA) is 142 Å². The zero-order valence-electron chi connectivity index (χ0n) is 21.7. The predicted octanol–water partition coefficient (Wildman–Crippen LogP) is 3.10. The highest BCUT2D eigenvalue weighted by atomic mass is 32.2. The van der Waals surface area contributed by atoms with E-state index in [0.717, 1.165) is 5.56 Å². The van der Waals surface area contributed by atoms with E-state index in [9.17, 15) is 27.9 Å². The summed E-state index contributed by atoms with van der Waals surface area (Å²) < 4.78 is 32.9. The van der Waals surface area contributed by atoms with Crippen molar-refractivity contribution in [2.24, 2.45) is 0 Å².